The van der Waals surface area contributed by atoms with E-state index in [-0.39, 0.29) is 23.3 Å². The monoisotopic (exact) mass is 420 g/mol. The lowest BCUT2D eigenvalue weighted by atomic mass is 9.84. The molecule has 3 atom stereocenters. The molecule has 3 aliphatic rings. The Morgan fingerprint density at radius 3 is 2.53 bits per heavy atom. The summed E-state index contributed by atoms with van der Waals surface area (Å²) in [5.41, 5.74) is 0.645. The zero-order valence-electron chi connectivity index (χ0n) is 18.3. The van der Waals surface area contributed by atoms with E-state index in [0.717, 1.165) is 50.9 Å². The van der Waals surface area contributed by atoms with Crippen LogP contribution in [-0.4, -0.2) is 46.1 Å². The quantitative estimate of drug-likeness (QED) is 0.717. The Morgan fingerprint density at radius 1 is 1.20 bits per heavy atom. The summed E-state index contributed by atoms with van der Waals surface area (Å²) in [7, 11) is 0. The zero-order chi connectivity index (χ0) is 21.5. The van der Waals surface area contributed by atoms with Crippen LogP contribution in [0.2, 0.25) is 0 Å². The Hall–Kier alpha value is -1.92. The van der Waals surface area contributed by atoms with E-state index in [9.17, 15) is 13.6 Å². The summed E-state index contributed by atoms with van der Waals surface area (Å²) in [5, 5.41) is 8.01. The van der Waals surface area contributed by atoms with E-state index in [1.54, 1.807) is 0 Å². The number of aromatic nitrogens is 2. The summed E-state index contributed by atoms with van der Waals surface area (Å²) in [4.78, 5) is 14.8. The van der Waals surface area contributed by atoms with Crippen LogP contribution in [0.15, 0.2) is 18.2 Å². The summed E-state index contributed by atoms with van der Waals surface area (Å²) >= 11 is 0. The van der Waals surface area contributed by atoms with Crippen LogP contribution in [0, 0.1) is 11.8 Å². The Labute approximate surface area is 177 Å². The Morgan fingerprint density at radius 2 is 1.93 bits per heavy atom. The lowest BCUT2D eigenvalue weighted by molar-refractivity contribution is -0.137. The summed E-state index contributed by atoms with van der Waals surface area (Å²) in [6.07, 6.45) is 6.70. The maximum atomic E-state index is 13.9. The average molecular weight is 421 g/mol. The molecule has 1 aromatic rings. The topological polar surface area (TPSA) is 50.2 Å². The van der Waals surface area contributed by atoms with Gasteiger partial charge in [0.25, 0.3) is 6.43 Å². The van der Waals surface area contributed by atoms with Gasteiger partial charge in [-0.3, -0.25) is 4.79 Å². The first kappa shape index (κ1) is 21.3. The first-order chi connectivity index (χ1) is 14.2. The fraction of sp³-hybridized carbons (Fsp3) is 0.739. The molecule has 166 valence electrons. The third kappa shape index (κ3) is 4.26. The molecule has 0 spiro atoms. The number of likely N-dealkylation sites (tertiary alicyclic amines) is 1. The first-order valence-electron chi connectivity index (χ1n) is 11.3. The van der Waals surface area contributed by atoms with Crippen molar-refractivity contribution in [3.63, 3.8) is 0 Å². The van der Waals surface area contributed by atoms with E-state index >= 15 is 0 Å². The molecular formula is C23H34F2N4O. The van der Waals surface area contributed by atoms with Gasteiger partial charge in [-0.25, -0.2) is 13.5 Å². The maximum Gasteiger partial charge on any atom is 0.260 e. The number of nitrogens with one attached hydrogen (secondary N) is 1. The number of allylic oxidation sites excluding steroid dienone is 2. The molecule has 1 fully saturated rings. The number of halogens is 2. The molecule has 7 heteroatoms. The smallest absolute Gasteiger partial charge is 0.260 e. The van der Waals surface area contributed by atoms with Gasteiger partial charge in [0.05, 0.1) is 5.69 Å². The van der Waals surface area contributed by atoms with Gasteiger partial charge in [0.1, 0.15) is 11.9 Å². The van der Waals surface area contributed by atoms with Gasteiger partial charge < -0.3 is 10.2 Å². The molecule has 5 nitrogen and oxygen atoms in total. The standard InChI is InChI=1S/C23H34F2N4O/c1-23(2,3)19-14-20-26-17(13-18(21(24)25)29(20)27-19)15-9-11-28(12-10-15)22(30)16-7-5-4-6-8-16/h4-5,14-18,21,26H,6-13H2,1-3H3/t16-,17+,18-/m1/s1. The van der Waals surface area contributed by atoms with E-state index in [0.29, 0.717) is 18.2 Å². The van der Waals surface area contributed by atoms with Crippen molar-refractivity contribution < 1.29 is 13.6 Å². The van der Waals surface area contributed by atoms with Crippen LogP contribution < -0.4 is 5.32 Å². The molecule has 0 aromatic carbocycles. The summed E-state index contributed by atoms with van der Waals surface area (Å²) in [5.74, 6) is 1.39. The van der Waals surface area contributed by atoms with Crippen LogP contribution in [0.3, 0.4) is 0 Å². The minimum atomic E-state index is -2.44. The van der Waals surface area contributed by atoms with Crippen molar-refractivity contribution in [3.05, 3.63) is 23.9 Å². The van der Waals surface area contributed by atoms with Crippen molar-refractivity contribution in [2.24, 2.45) is 11.8 Å². The highest BCUT2D eigenvalue weighted by atomic mass is 19.3. The molecule has 1 aliphatic carbocycles. The molecule has 1 aromatic heterocycles. The molecule has 0 unspecified atom stereocenters. The molecule has 0 bridgehead atoms. The predicted octanol–water partition coefficient (Wildman–Crippen LogP) is 4.77. The molecule has 30 heavy (non-hydrogen) atoms. The van der Waals surface area contributed by atoms with Crippen molar-refractivity contribution >= 4 is 11.7 Å². The summed E-state index contributed by atoms with van der Waals surface area (Å²) in [6.45, 7) is 7.60. The molecule has 0 saturated carbocycles. The van der Waals surface area contributed by atoms with Gasteiger partial charge in [0, 0.05) is 36.5 Å². The minimum absolute atomic E-state index is 0.00381. The molecular weight excluding hydrogens is 386 g/mol. The Bertz CT molecular complexity index is 790. The highest BCUT2D eigenvalue weighted by molar-refractivity contribution is 5.79. The normalized spacial score (nSPS) is 27.8. The number of fused-ring (bicyclic) bond motifs is 1. The molecule has 1 saturated heterocycles. The van der Waals surface area contributed by atoms with Gasteiger partial charge in [0.15, 0.2) is 0 Å². The van der Waals surface area contributed by atoms with E-state index in [2.05, 4.69) is 22.6 Å². The van der Waals surface area contributed by atoms with Gasteiger partial charge in [0.2, 0.25) is 5.91 Å². The highest BCUT2D eigenvalue weighted by Gasteiger charge is 2.39. The number of carbonyl (C=O) groups excluding carboxylic acids is 1. The molecule has 3 heterocycles. The number of amides is 1. The highest BCUT2D eigenvalue weighted by Crippen LogP contribution is 2.38. The second-order valence-corrected chi connectivity index (χ2v) is 10.1. The van der Waals surface area contributed by atoms with E-state index in [1.165, 1.54) is 4.68 Å². The van der Waals surface area contributed by atoms with Gasteiger partial charge in [-0.2, -0.15) is 5.10 Å². The van der Waals surface area contributed by atoms with Crippen molar-refractivity contribution in [2.75, 3.05) is 18.4 Å². The van der Waals surface area contributed by atoms with Crippen LogP contribution in [0.1, 0.15) is 71.0 Å². The number of nitrogens with zero attached hydrogens (tertiary/aromatic N) is 3. The molecule has 4 rings (SSSR count). The lowest BCUT2D eigenvalue weighted by Crippen LogP contribution is -2.47. The number of rotatable bonds is 3. The van der Waals surface area contributed by atoms with Crippen molar-refractivity contribution in [3.8, 4) is 0 Å². The van der Waals surface area contributed by atoms with Gasteiger partial charge in [-0.05, 0) is 44.4 Å². The summed E-state index contributed by atoms with van der Waals surface area (Å²) < 4.78 is 29.2. The zero-order valence-corrected chi connectivity index (χ0v) is 18.3. The number of hydrogen-bond donors (Lipinski definition) is 1. The summed E-state index contributed by atoms with van der Waals surface area (Å²) in [6, 6.07) is 1.03. The second-order valence-electron chi connectivity index (χ2n) is 10.1. The average Bonchev–Trinajstić information content (AvgIpc) is 3.18. The lowest BCUT2D eigenvalue weighted by Gasteiger charge is -2.41. The SMILES string of the molecule is CC(C)(C)c1cc2n(n1)[C@@H](C(F)F)C[C@@H](C1CCN(C(=O)[C@@H]3CC=CCC3)CC1)N2. The fourth-order valence-corrected chi connectivity index (χ4v) is 5.05. The minimum Gasteiger partial charge on any atom is -0.367 e. The van der Waals surface area contributed by atoms with E-state index in [4.69, 9.17) is 0 Å². The molecule has 1 N–H and O–H groups in total. The second kappa shape index (κ2) is 8.31. The van der Waals surface area contributed by atoms with Gasteiger partial charge in [-0.15, -0.1) is 0 Å². The largest absolute Gasteiger partial charge is 0.367 e. The van der Waals surface area contributed by atoms with Crippen LogP contribution >= 0.6 is 0 Å². The maximum absolute atomic E-state index is 13.9. The number of carbonyl (C=O) groups is 1. The van der Waals surface area contributed by atoms with Crippen LogP contribution in [0.4, 0.5) is 14.6 Å². The Balaban J connectivity index is 1.42. The predicted molar refractivity (Wildman–Crippen MR) is 114 cm³/mol. The van der Waals surface area contributed by atoms with Crippen molar-refractivity contribution in [1.29, 1.82) is 0 Å². The molecule has 2 aliphatic heterocycles. The number of anilines is 1. The molecule has 0 radical (unpaired) electrons. The number of hydrogen-bond acceptors (Lipinski definition) is 3. The van der Waals surface area contributed by atoms with Crippen LogP contribution in [-0.2, 0) is 10.2 Å². The van der Waals surface area contributed by atoms with E-state index in [1.807, 2.05) is 31.7 Å². The molecule has 1 amide bonds. The van der Waals surface area contributed by atoms with Gasteiger partial charge in [-0.1, -0.05) is 32.9 Å². The van der Waals surface area contributed by atoms with Crippen LogP contribution in [0.25, 0.3) is 0 Å². The van der Waals surface area contributed by atoms with Crippen molar-refractivity contribution in [2.45, 2.75) is 83.2 Å². The van der Waals surface area contributed by atoms with Crippen molar-refractivity contribution in [1.82, 2.24) is 14.7 Å². The Kier molecular flexibility index (Phi) is 5.90. The first-order valence-corrected chi connectivity index (χ1v) is 11.3. The van der Waals surface area contributed by atoms with Crippen LogP contribution in [0.5, 0.6) is 0 Å². The van der Waals surface area contributed by atoms with Gasteiger partial charge >= 0.3 is 0 Å². The fourth-order valence-electron chi connectivity index (χ4n) is 5.05. The third-order valence-electron chi connectivity index (χ3n) is 6.98. The third-order valence-corrected chi connectivity index (χ3v) is 6.98. The van der Waals surface area contributed by atoms with E-state index < -0.39 is 12.5 Å². The number of alkyl halides is 2. The number of piperidine rings is 1.